The number of amides is 2. The lowest BCUT2D eigenvalue weighted by atomic mass is 9.76. The van der Waals surface area contributed by atoms with E-state index in [0.717, 1.165) is 6.54 Å². The van der Waals surface area contributed by atoms with E-state index in [9.17, 15) is 9.90 Å². The molecule has 3 rings (SSSR count). The van der Waals surface area contributed by atoms with E-state index in [2.05, 4.69) is 15.0 Å². The summed E-state index contributed by atoms with van der Waals surface area (Å²) in [4.78, 5) is 22.3. The molecule has 0 aliphatic carbocycles. The van der Waals surface area contributed by atoms with Crippen LogP contribution in [-0.4, -0.2) is 95.6 Å². The van der Waals surface area contributed by atoms with Crippen LogP contribution in [-0.2, 0) is 17.7 Å². The molecule has 1 aromatic heterocycles. The Morgan fingerprint density at radius 2 is 2.15 bits per heavy atom. The Hall–Kier alpha value is -1.71. The minimum Gasteiger partial charge on any atom is -0.389 e. The number of urea groups is 1. The molecule has 9 heteroatoms. The van der Waals surface area contributed by atoms with Crippen LogP contribution in [0.5, 0.6) is 0 Å². The first-order valence-electron chi connectivity index (χ1n) is 9.12. The van der Waals surface area contributed by atoms with E-state index in [1.54, 1.807) is 26.1 Å². The highest BCUT2D eigenvalue weighted by molar-refractivity contribution is 5.74. The average molecular weight is 367 g/mol. The van der Waals surface area contributed by atoms with Gasteiger partial charge in [-0.2, -0.15) is 4.98 Å². The Kier molecular flexibility index (Phi) is 5.79. The Bertz CT molecular complexity index is 622. The van der Waals surface area contributed by atoms with Gasteiger partial charge in [0.25, 0.3) is 0 Å². The number of likely N-dealkylation sites (tertiary alicyclic amines) is 2. The summed E-state index contributed by atoms with van der Waals surface area (Å²) in [5, 5.41) is 14.9. The molecule has 2 atom stereocenters. The average Bonchev–Trinajstić information content (AvgIpc) is 3.06. The number of piperidine rings is 2. The van der Waals surface area contributed by atoms with Gasteiger partial charge in [0.1, 0.15) is 0 Å². The third-order valence-electron chi connectivity index (χ3n) is 5.41. The maximum atomic E-state index is 12.3. The van der Waals surface area contributed by atoms with Crippen LogP contribution in [0, 0.1) is 5.92 Å². The number of carbonyl (C=O) groups is 1. The molecule has 0 spiro atoms. The van der Waals surface area contributed by atoms with Gasteiger partial charge in [0, 0.05) is 59.7 Å². The standard InChI is InChI=1S/C17H29N5O4/c1-20(2)16(23)22-8-6-17(24)5-7-21(10-13(17)11-22)12-15-18-14(19-26-15)4-9-25-3/h13,24H,4-12H2,1-3H3/t13-,17-/m0/s1. The van der Waals surface area contributed by atoms with Crippen molar-refractivity contribution in [2.75, 3.05) is 54.0 Å². The summed E-state index contributed by atoms with van der Waals surface area (Å²) in [7, 11) is 5.16. The molecule has 2 amide bonds. The summed E-state index contributed by atoms with van der Waals surface area (Å²) in [5.41, 5.74) is -0.682. The molecule has 9 nitrogen and oxygen atoms in total. The first-order chi connectivity index (χ1) is 12.4. The Labute approximate surface area is 153 Å². The second kappa shape index (κ2) is 7.89. The van der Waals surface area contributed by atoms with Crippen molar-refractivity contribution < 1.29 is 19.2 Å². The summed E-state index contributed by atoms with van der Waals surface area (Å²) in [6.07, 6.45) is 1.96. The number of rotatable bonds is 5. The molecular formula is C17H29N5O4. The lowest BCUT2D eigenvalue weighted by Crippen LogP contribution is -2.61. The Morgan fingerprint density at radius 3 is 2.88 bits per heavy atom. The maximum absolute atomic E-state index is 12.3. The zero-order valence-electron chi connectivity index (χ0n) is 15.8. The predicted molar refractivity (Wildman–Crippen MR) is 93.5 cm³/mol. The predicted octanol–water partition coefficient (Wildman–Crippen LogP) is 0.199. The first kappa shape index (κ1) is 19.1. The van der Waals surface area contributed by atoms with Crippen LogP contribution in [0.25, 0.3) is 0 Å². The van der Waals surface area contributed by atoms with Crippen molar-refractivity contribution in [1.82, 2.24) is 24.8 Å². The van der Waals surface area contributed by atoms with E-state index < -0.39 is 5.60 Å². The van der Waals surface area contributed by atoms with E-state index in [0.29, 0.717) is 63.8 Å². The topological polar surface area (TPSA) is 95.2 Å². The smallest absolute Gasteiger partial charge is 0.319 e. The van der Waals surface area contributed by atoms with Crippen molar-refractivity contribution in [3.8, 4) is 0 Å². The quantitative estimate of drug-likeness (QED) is 0.794. The molecule has 0 unspecified atom stereocenters. The SMILES string of the molecule is COCCc1noc(CN2CC[C@]3(O)CCN(C(=O)N(C)C)C[C@@H]3C2)n1. The van der Waals surface area contributed by atoms with E-state index in [1.807, 2.05) is 4.90 Å². The lowest BCUT2D eigenvalue weighted by molar-refractivity contribution is -0.109. The normalized spacial score (nSPS) is 26.6. The second-order valence-corrected chi connectivity index (χ2v) is 7.51. The van der Waals surface area contributed by atoms with Crippen molar-refractivity contribution in [3.05, 3.63) is 11.7 Å². The van der Waals surface area contributed by atoms with Gasteiger partial charge < -0.3 is 24.2 Å². The van der Waals surface area contributed by atoms with Gasteiger partial charge in [0.15, 0.2) is 5.82 Å². The minimum absolute atomic E-state index is 0.00357. The van der Waals surface area contributed by atoms with Crippen LogP contribution in [0.4, 0.5) is 4.79 Å². The van der Waals surface area contributed by atoms with Crippen molar-refractivity contribution >= 4 is 6.03 Å². The summed E-state index contributed by atoms with van der Waals surface area (Å²) >= 11 is 0. The molecule has 2 aliphatic heterocycles. The number of hydrogen-bond donors (Lipinski definition) is 1. The summed E-state index contributed by atoms with van der Waals surface area (Å²) in [5.74, 6) is 1.26. The van der Waals surface area contributed by atoms with E-state index in [4.69, 9.17) is 9.26 Å². The molecule has 2 aliphatic rings. The largest absolute Gasteiger partial charge is 0.389 e. The van der Waals surface area contributed by atoms with Crippen LogP contribution in [0.15, 0.2) is 4.52 Å². The molecule has 0 saturated carbocycles. The summed E-state index contributed by atoms with van der Waals surface area (Å²) < 4.78 is 10.4. The van der Waals surface area contributed by atoms with Gasteiger partial charge in [0.2, 0.25) is 5.89 Å². The number of ether oxygens (including phenoxy) is 1. The third-order valence-corrected chi connectivity index (χ3v) is 5.41. The zero-order chi connectivity index (χ0) is 18.7. The highest BCUT2D eigenvalue weighted by Crippen LogP contribution is 2.36. The van der Waals surface area contributed by atoms with E-state index >= 15 is 0 Å². The molecule has 1 N–H and O–H groups in total. The molecule has 0 aromatic carbocycles. The third kappa shape index (κ3) is 4.16. The van der Waals surface area contributed by atoms with Crippen molar-refractivity contribution in [1.29, 1.82) is 0 Å². The minimum atomic E-state index is -0.682. The lowest BCUT2D eigenvalue weighted by Gasteiger charge is -2.50. The molecule has 0 radical (unpaired) electrons. The molecule has 146 valence electrons. The first-order valence-corrected chi connectivity index (χ1v) is 9.12. The Balaban J connectivity index is 1.59. The number of fused-ring (bicyclic) bond motifs is 1. The van der Waals surface area contributed by atoms with Crippen LogP contribution >= 0.6 is 0 Å². The number of hydrogen-bond acceptors (Lipinski definition) is 7. The van der Waals surface area contributed by atoms with E-state index in [-0.39, 0.29) is 11.9 Å². The highest BCUT2D eigenvalue weighted by Gasteiger charge is 2.46. The number of carbonyl (C=O) groups excluding carboxylic acids is 1. The molecular weight excluding hydrogens is 338 g/mol. The second-order valence-electron chi connectivity index (χ2n) is 7.51. The molecule has 2 fully saturated rings. The maximum Gasteiger partial charge on any atom is 0.319 e. The van der Waals surface area contributed by atoms with Gasteiger partial charge in [-0.15, -0.1) is 0 Å². The number of aliphatic hydroxyl groups is 1. The fourth-order valence-corrected chi connectivity index (χ4v) is 3.81. The zero-order valence-corrected chi connectivity index (χ0v) is 15.8. The van der Waals surface area contributed by atoms with Gasteiger partial charge in [-0.1, -0.05) is 5.16 Å². The fraction of sp³-hybridized carbons (Fsp3) is 0.824. The van der Waals surface area contributed by atoms with Crippen LogP contribution in [0.1, 0.15) is 24.6 Å². The van der Waals surface area contributed by atoms with Gasteiger partial charge in [-0.3, -0.25) is 4.90 Å². The number of nitrogens with zero attached hydrogens (tertiary/aromatic N) is 5. The van der Waals surface area contributed by atoms with E-state index in [1.165, 1.54) is 0 Å². The van der Waals surface area contributed by atoms with Gasteiger partial charge in [-0.05, 0) is 12.8 Å². The molecule has 3 heterocycles. The van der Waals surface area contributed by atoms with Gasteiger partial charge in [0.05, 0.1) is 18.8 Å². The number of methoxy groups -OCH3 is 1. The fourth-order valence-electron chi connectivity index (χ4n) is 3.81. The van der Waals surface area contributed by atoms with Crippen molar-refractivity contribution in [2.24, 2.45) is 5.92 Å². The highest BCUT2D eigenvalue weighted by atomic mass is 16.5. The van der Waals surface area contributed by atoms with Crippen molar-refractivity contribution in [3.63, 3.8) is 0 Å². The van der Waals surface area contributed by atoms with Crippen LogP contribution in [0.3, 0.4) is 0 Å². The molecule has 26 heavy (non-hydrogen) atoms. The van der Waals surface area contributed by atoms with Gasteiger partial charge in [-0.25, -0.2) is 4.79 Å². The van der Waals surface area contributed by atoms with Gasteiger partial charge >= 0.3 is 6.03 Å². The van der Waals surface area contributed by atoms with Crippen LogP contribution in [0.2, 0.25) is 0 Å². The monoisotopic (exact) mass is 367 g/mol. The van der Waals surface area contributed by atoms with Crippen molar-refractivity contribution in [2.45, 2.75) is 31.4 Å². The van der Waals surface area contributed by atoms with Crippen LogP contribution < -0.4 is 0 Å². The Morgan fingerprint density at radius 1 is 1.38 bits per heavy atom. The summed E-state index contributed by atoms with van der Waals surface area (Å²) in [6, 6.07) is 0.00357. The molecule has 0 bridgehead atoms. The molecule has 1 aromatic rings. The summed E-state index contributed by atoms with van der Waals surface area (Å²) in [6.45, 7) is 3.80. The molecule has 2 saturated heterocycles. The number of aromatic nitrogens is 2.